The first kappa shape index (κ1) is 23.3. The minimum Gasteiger partial charge on any atom is -0.481 e. The number of nitrogens with one attached hydrogen (secondary N) is 1. The van der Waals surface area contributed by atoms with Crippen LogP contribution in [0, 0.1) is 31.6 Å². The molecule has 174 valence electrons. The predicted octanol–water partition coefficient (Wildman–Crippen LogP) is 5.31. The van der Waals surface area contributed by atoms with Crippen molar-refractivity contribution in [1.29, 1.82) is 0 Å². The van der Waals surface area contributed by atoms with Crippen LogP contribution in [0.25, 0.3) is 10.4 Å². The molecule has 0 amide bonds. The van der Waals surface area contributed by atoms with Gasteiger partial charge in [0.2, 0.25) is 5.95 Å². The summed E-state index contributed by atoms with van der Waals surface area (Å²) in [6.07, 6.45) is 5.47. The van der Waals surface area contributed by atoms with Crippen molar-refractivity contribution in [2.24, 2.45) is 17.8 Å². The van der Waals surface area contributed by atoms with Crippen LogP contribution in [0.4, 0.5) is 11.6 Å². The number of anilines is 2. The Hall–Kier alpha value is -2.84. The van der Waals surface area contributed by atoms with Crippen molar-refractivity contribution >= 4 is 28.9 Å². The van der Waals surface area contributed by atoms with Crippen LogP contribution in [0.5, 0.6) is 0 Å². The molecule has 4 rings (SSSR count). The van der Waals surface area contributed by atoms with Crippen molar-refractivity contribution in [3.05, 3.63) is 52.9 Å². The maximum absolute atomic E-state index is 11.5. The van der Waals surface area contributed by atoms with Crippen molar-refractivity contribution in [3.63, 3.8) is 0 Å². The molecule has 3 N–H and O–H groups in total. The fraction of sp³-hybridized carbons (Fsp3) is 0.440. The Morgan fingerprint density at radius 3 is 2.70 bits per heavy atom. The third-order valence-corrected chi connectivity index (χ3v) is 7.91. The number of hydrogen-bond acceptors (Lipinski definition) is 7. The molecular weight excluding hydrogens is 436 g/mol. The third-order valence-electron chi connectivity index (χ3n) is 6.63. The molecule has 0 spiro atoms. The Morgan fingerprint density at radius 1 is 1.21 bits per heavy atom. The average molecular weight is 467 g/mol. The van der Waals surface area contributed by atoms with Gasteiger partial charge in [0.05, 0.1) is 10.8 Å². The van der Waals surface area contributed by atoms with Crippen molar-refractivity contribution in [1.82, 2.24) is 15.0 Å². The Morgan fingerprint density at radius 2 is 2.00 bits per heavy atom. The van der Waals surface area contributed by atoms with Crippen LogP contribution in [0.1, 0.15) is 49.4 Å². The van der Waals surface area contributed by atoms with Crippen LogP contribution in [-0.4, -0.2) is 31.1 Å². The number of carboxylic acids is 1. The quantitative estimate of drug-likeness (QED) is 0.452. The molecule has 1 aliphatic rings. The molecule has 3 aromatic rings. The van der Waals surface area contributed by atoms with E-state index in [1.807, 2.05) is 52.1 Å². The molecule has 2 aromatic heterocycles. The highest BCUT2D eigenvalue weighted by molar-refractivity contribution is 7.15. The number of benzene rings is 1. The van der Waals surface area contributed by atoms with Gasteiger partial charge in [-0.05, 0) is 81.2 Å². The number of hydrogen-bond donors (Lipinski definition) is 3. The Bertz CT molecular complexity index is 1160. The largest absolute Gasteiger partial charge is 0.481 e. The summed E-state index contributed by atoms with van der Waals surface area (Å²) in [5.41, 5.74) is 2.78. The van der Waals surface area contributed by atoms with Crippen LogP contribution < -0.4 is 5.32 Å². The van der Waals surface area contributed by atoms with Gasteiger partial charge in [-0.2, -0.15) is 0 Å². The van der Waals surface area contributed by atoms with Crippen molar-refractivity contribution in [3.8, 4) is 10.4 Å². The molecule has 4 atom stereocenters. The van der Waals surface area contributed by atoms with Crippen molar-refractivity contribution in [2.75, 3.05) is 5.32 Å². The lowest BCUT2D eigenvalue weighted by atomic mass is 9.69. The molecule has 7 nitrogen and oxygen atoms in total. The summed E-state index contributed by atoms with van der Waals surface area (Å²) in [6, 6.07) is 8.02. The van der Waals surface area contributed by atoms with E-state index in [1.54, 1.807) is 6.20 Å². The summed E-state index contributed by atoms with van der Waals surface area (Å²) in [6.45, 7) is 7.74. The minimum atomic E-state index is -1.10. The first-order valence-electron chi connectivity index (χ1n) is 11.2. The highest BCUT2D eigenvalue weighted by Gasteiger charge is 2.42. The predicted molar refractivity (Wildman–Crippen MR) is 130 cm³/mol. The zero-order valence-electron chi connectivity index (χ0n) is 19.4. The monoisotopic (exact) mass is 466 g/mol. The molecule has 0 aliphatic heterocycles. The smallest absolute Gasteiger partial charge is 0.306 e. The first-order chi connectivity index (χ1) is 15.6. The van der Waals surface area contributed by atoms with E-state index in [4.69, 9.17) is 0 Å². The second kappa shape index (κ2) is 9.19. The van der Waals surface area contributed by atoms with E-state index in [2.05, 4.69) is 26.3 Å². The minimum absolute atomic E-state index is 0.0182. The number of aryl methyl sites for hydroxylation is 2. The molecule has 0 radical (unpaired) electrons. The Balaban J connectivity index is 1.55. The van der Waals surface area contributed by atoms with Crippen LogP contribution in [-0.2, 0) is 10.4 Å². The van der Waals surface area contributed by atoms with Gasteiger partial charge in [0, 0.05) is 23.8 Å². The topological polar surface area (TPSA) is 108 Å². The van der Waals surface area contributed by atoms with Crippen molar-refractivity contribution in [2.45, 2.75) is 52.6 Å². The number of carbonyl (C=O) groups is 1. The van der Waals surface area contributed by atoms with E-state index in [0.717, 1.165) is 27.4 Å². The molecule has 8 heteroatoms. The highest BCUT2D eigenvalue weighted by atomic mass is 32.1. The van der Waals surface area contributed by atoms with Gasteiger partial charge in [0.1, 0.15) is 10.6 Å². The molecule has 1 aliphatic carbocycles. The SMILES string of the molecule is Cc1cc(Nc2nccc(C)n2)cc(-c2cnc(C(C)(O)[C@H]3CC[C@H](C(=O)O)[C@H](C)C3)s2)c1. The van der Waals surface area contributed by atoms with E-state index < -0.39 is 11.6 Å². The highest BCUT2D eigenvalue weighted by Crippen LogP contribution is 2.45. The molecule has 2 heterocycles. The Kier molecular flexibility index (Phi) is 6.50. The van der Waals surface area contributed by atoms with Gasteiger partial charge in [-0.1, -0.05) is 13.0 Å². The number of nitrogens with zero attached hydrogens (tertiary/aromatic N) is 3. The maximum Gasteiger partial charge on any atom is 0.306 e. The summed E-state index contributed by atoms with van der Waals surface area (Å²) in [5, 5.41) is 24.8. The second-order valence-corrected chi connectivity index (χ2v) is 10.4. The fourth-order valence-electron chi connectivity index (χ4n) is 4.73. The molecule has 1 fully saturated rings. The van der Waals surface area contributed by atoms with Crippen molar-refractivity contribution < 1.29 is 15.0 Å². The van der Waals surface area contributed by atoms with Crippen LogP contribution in [0.2, 0.25) is 0 Å². The molecule has 1 aromatic carbocycles. The van der Waals surface area contributed by atoms with E-state index >= 15 is 0 Å². The molecular formula is C25H30N4O3S. The van der Waals surface area contributed by atoms with Gasteiger partial charge in [-0.15, -0.1) is 11.3 Å². The van der Waals surface area contributed by atoms with Crippen LogP contribution >= 0.6 is 11.3 Å². The number of rotatable bonds is 6. The number of aromatic nitrogens is 3. The summed E-state index contributed by atoms with van der Waals surface area (Å²) in [4.78, 5) is 25.7. The molecule has 1 saturated carbocycles. The zero-order chi connectivity index (χ0) is 23.8. The lowest BCUT2D eigenvalue weighted by molar-refractivity contribution is -0.146. The van der Waals surface area contributed by atoms with Gasteiger partial charge in [0.25, 0.3) is 0 Å². The van der Waals surface area contributed by atoms with Gasteiger partial charge in [-0.25, -0.2) is 15.0 Å². The standard InChI is InChI=1S/C25H30N4O3S/c1-14-9-17(12-19(10-14)29-24-26-8-7-16(3)28-24)21-13-27-23(33-21)25(4,32)18-5-6-20(22(30)31)15(2)11-18/h7-10,12-13,15,18,20,32H,5-6,11H2,1-4H3,(H,30,31)(H,26,28,29)/t15-,18+,20+,25?/m1/s1. The molecule has 0 saturated heterocycles. The summed E-state index contributed by atoms with van der Waals surface area (Å²) >= 11 is 1.48. The maximum atomic E-state index is 11.5. The fourth-order valence-corrected chi connectivity index (χ4v) is 5.75. The van der Waals surface area contributed by atoms with Gasteiger partial charge >= 0.3 is 5.97 Å². The van der Waals surface area contributed by atoms with Crippen LogP contribution in [0.3, 0.4) is 0 Å². The first-order valence-corrected chi connectivity index (χ1v) is 12.1. The second-order valence-electron chi connectivity index (χ2n) is 9.34. The third kappa shape index (κ3) is 5.07. The zero-order valence-corrected chi connectivity index (χ0v) is 20.2. The summed E-state index contributed by atoms with van der Waals surface area (Å²) < 4.78 is 0. The van der Waals surface area contributed by atoms with Gasteiger partial charge < -0.3 is 15.5 Å². The molecule has 0 bridgehead atoms. The molecule has 1 unspecified atom stereocenters. The van der Waals surface area contributed by atoms with E-state index in [0.29, 0.717) is 30.2 Å². The number of aliphatic carboxylic acids is 1. The van der Waals surface area contributed by atoms with E-state index in [-0.39, 0.29) is 17.8 Å². The van der Waals surface area contributed by atoms with E-state index in [1.165, 1.54) is 11.3 Å². The summed E-state index contributed by atoms with van der Waals surface area (Å²) in [5.74, 6) is -0.515. The van der Waals surface area contributed by atoms with E-state index in [9.17, 15) is 15.0 Å². The van der Waals surface area contributed by atoms with Gasteiger partial charge in [-0.3, -0.25) is 4.79 Å². The number of thiazole rings is 1. The summed E-state index contributed by atoms with van der Waals surface area (Å²) in [7, 11) is 0. The average Bonchev–Trinajstić information content (AvgIpc) is 3.24. The lowest BCUT2D eigenvalue weighted by Crippen LogP contribution is -2.39. The lowest BCUT2D eigenvalue weighted by Gasteiger charge is -2.39. The molecule has 33 heavy (non-hydrogen) atoms. The normalized spacial score (nSPS) is 22.5. The van der Waals surface area contributed by atoms with Crippen LogP contribution in [0.15, 0.2) is 36.7 Å². The number of carboxylic acid groups (broad SMARTS) is 1. The van der Waals surface area contributed by atoms with Gasteiger partial charge in [0.15, 0.2) is 0 Å². The Labute approximate surface area is 198 Å². The number of aliphatic hydroxyl groups is 1.